The number of nitrogens with one attached hydrogen (secondary N) is 2. The molecule has 0 spiro atoms. The molecule has 126 valence electrons. The van der Waals surface area contributed by atoms with E-state index in [0.717, 1.165) is 24.3 Å². The highest BCUT2D eigenvalue weighted by molar-refractivity contribution is 5.82. The van der Waals surface area contributed by atoms with Crippen LogP contribution >= 0.6 is 0 Å². The van der Waals surface area contributed by atoms with Crippen molar-refractivity contribution < 1.29 is 13.6 Å². The Hall–Kier alpha value is -1.69. The Labute approximate surface area is 135 Å². The Kier molecular flexibility index (Phi) is 4.53. The molecule has 1 amide bonds. The summed E-state index contributed by atoms with van der Waals surface area (Å²) in [6, 6.07) is 7.07. The van der Waals surface area contributed by atoms with Crippen molar-refractivity contribution >= 4 is 11.6 Å². The van der Waals surface area contributed by atoms with Gasteiger partial charge in [0.15, 0.2) is 0 Å². The fourth-order valence-corrected chi connectivity index (χ4v) is 3.26. The fraction of sp³-hybridized carbons (Fsp3) is 0.588. The SMILES string of the molecule is CC(NC(=O)C1CC(F)(F)CN1)c1cccc(N2CCCC2)c1. The first-order chi connectivity index (χ1) is 10.9. The van der Waals surface area contributed by atoms with Crippen molar-refractivity contribution in [2.75, 3.05) is 24.5 Å². The van der Waals surface area contributed by atoms with Gasteiger partial charge in [-0.2, -0.15) is 0 Å². The molecule has 1 aromatic rings. The number of hydrogen-bond donors (Lipinski definition) is 2. The number of nitrogens with zero attached hydrogens (tertiary/aromatic N) is 1. The van der Waals surface area contributed by atoms with Crippen LogP contribution in [0, 0.1) is 0 Å². The van der Waals surface area contributed by atoms with Crippen LogP contribution in [0.4, 0.5) is 14.5 Å². The third-order valence-corrected chi connectivity index (χ3v) is 4.63. The van der Waals surface area contributed by atoms with Gasteiger partial charge >= 0.3 is 0 Å². The van der Waals surface area contributed by atoms with E-state index in [-0.39, 0.29) is 11.9 Å². The second kappa shape index (κ2) is 6.43. The summed E-state index contributed by atoms with van der Waals surface area (Å²) in [5.74, 6) is -3.15. The van der Waals surface area contributed by atoms with Gasteiger partial charge in [-0.05, 0) is 37.5 Å². The number of carbonyl (C=O) groups excluding carboxylic acids is 1. The van der Waals surface area contributed by atoms with Gasteiger partial charge in [0.2, 0.25) is 5.91 Å². The van der Waals surface area contributed by atoms with Crippen LogP contribution in [0.1, 0.15) is 37.8 Å². The Balaban J connectivity index is 1.62. The summed E-state index contributed by atoms with van der Waals surface area (Å²) in [6.07, 6.45) is 1.98. The molecule has 0 radical (unpaired) electrons. The highest BCUT2D eigenvalue weighted by Gasteiger charge is 2.42. The van der Waals surface area contributed by atoms with E-state index in [1.54, 1.807) is 0 Å². The maximum Gasteiger partial charge on any atom is 0.262 e. The van der Waals surface area contributed by atoms with Gasteiger partial charge in [0.05, 0.1) is 18.6 Å². The largest absolute Gasteiger partial charge is 0.372 e. The smallest absolute Gasteiger partial charge is 0.262 e. The van der Waals surface area contributed by atoms with Crippen molar-refractivity contribution in [1.82, 2.24) is 10.6 Å². The van der Waals surface area contributed by atoms with E-state index in [1.165, 1.54) is 12.8 Å². The van der Waals surface area contributed by atoms with Crippen LogP contribution in [0.2, 0.25) is 0 Å². The van der Waals surface area contributed by atoms with Gasteiger partial charge in [-0.3, -0.25) is 10.1 Å². The summed E-state index contributed by atoms with van der Waals surface area (Å²) in [6.45, 7) is 3.58. The van der Waals surface area contributed by atoms with Crippen LogP contribution in [0.5, 0.6) is 0 Å². The molecule has 1 aromatic carbocycles. The molecule has 6 heteroatoms. The minimum atomic E-state index is -2.79. The van der Waals surface area contributed by atoms with E-state index < -0.39 is 24.9 Å². The Bertz CT molecular complexity index is 573. The highest BCUT2D eigenvalue weighted by atomic mass is 19.3. The first kappa shape index (κ1) is 16.2. The summed E-state index contributed by atoms with van der Waals surface area (Å²) >= 11 is 0. The molecule has 2 aliphatic heterocycles. The van der Waals surface area contributed by atoms with Crippen molar-refractivity contribution in [3.05, 3.63) is 29.8 Å². The lowest BCUT2D eigenvalue weighted by Gasteiger charge is -2.21. The zero-order valence-corrected chi connectivity index (χ0v) is 13.3. The van der Waals surface area contributed by atoms with Crippen LogP contribution in [0.25, 0.3) is 0 Å². The van der Waals surface area contributed by atoms with Crippen molar-refractivity contribution in [2.45, 2.75) is 44.2 Å². The lowest BCUT2D eigenvalue weighted by Crippen LogP contribution is -2.41. The first-order valence-corrected chi connectivity index (χ1v) is 8.21. The lowest BCUT2D eigenvalue weighted by atomic mass is 10.1. The molecule has 4 nitrogen and oxygen atoms in total. The molecule has 2 N–H and O–H groups in total. The summed E-state index contributed by atoms with van der Waals surface area (Å²) in [7, 11) is 0. The summed E-state index contributed by atoms with van der Waals surface area (Å²) in [5, 5.41) is 5.43. The first-order valence-electron chi connectivity index (χ1n) is 8.21. The average Bonchev–Trinajstić information content (AvgIpc) is 3.16. The highest BCUT2D eigenvalue weighted by Crippen LogP contribution is 2.27. The monoisotopic (exact) mass is 323 g/mol. The third kappa shape index (κ3) is 3.80. The lowest BCUT2D eigenvalue weighted by molar-refractivity contribution is -0.124. The number of anilines is 1. The van der Waals surface area contributed by atoms with Crippen LogP contribution in [0.3, 0.4) is 0 Å². The third-order valence-electron chi connectivity index (χ3n) is 4.63. The molecule has 0 bridgehead atoms. The van der Waals surface area contributed by atoms with Crippen molar-refractivity contribution in [2.24, 2.45) is 0 Å². The molecule has 3 rings (SSSR count). The number of carbonyl (C=O) groups is 1. The van der Waals surface area contributed by atoms with Crippen molar-refractivity contribution in [3.8, 4) is 0 Å². The molecule has 2 atom stereocenters. The zero-order chi connectivity index (χ0) is 16.4. The molecule has 2 heterocycles. The summed E-state index contributed by atoms with van der Waals surface area (Å²) in [5.41, 5.74) is 2.15. The van der Waals surface area contributed by atoms with Gasteiger partial charge in [0.1, 0.15) is 0 Å². The molecule has 23 heavy (non-hydrogen) atoms. The number of amides is 1. The predicted molar refractivity (Wildman–Crippen MR) is 85.8 cm³/mol. The van der Waals surface area contributed by atoms with Crippen molar-refractivity contribution in [1.29, 1.82) is 0 Å². The van der Waals surface area contributed by atoms with Gasteiger partial charge in [-0.15, -0.1) is 0 Å². The predicted octanol–water partition coefficient (Wildman–Crippen LogP) is 2.46. The molecular formula is C17H23F2N3O. The van der Waals surface area contributed by atoms with Crippen LogP contribution in [-0.2, 0) is 4.79 Å². The van der Waals surface area contributed by atoms with Crippen LogP contribution < -0.4 is 15.5 Å². The minimum Gasteiger partial charge on any atom is -0.372 e. The molecular weight excluding hydrogens is 300 g/mol. The Morgan fingerprint density at radius 1 is 1.39 bits per heavy atom. The second-order valence-corrected chi connectivity index (χ2v) is 6.51. The number of benzene rings is 1. The fourth-order valence-electron chi connectivity index (χ4n) is 3.26. The van der Waals surface area contributed by atoms with Crippen LogP contribution in [-0.4, -0.2) is 37.5 Å². The molecule has 2 saturated heterocycles. The minimum absolute atomic E-state index is 0.207. The average molecular weight is 323 g/mol. The van der Waals surface area contributed by atoms with E-state index in [9.17, 15) is 13.6 Å². The van der Waals surface area contributed by atoms with E-state index in [2.05, 4.69) is 27.7 Å². The van der Waals surface area contributed by atoms with Crippen LogP contribution in [0.15, 0.2) is 24.3 Å². The van der Waals surface area contributed by atoms with Gasteiger partial charge in [0.25, 0.3) is 5.92 Å². The van der Waals surface area contributed by atoms with Gasteiger partial charge in [-0.1, -0.05) is 12.1 Å². The number of halogens is 2. The van der Waals surface area contributed by atoms with Gasteiger partial charge < -0.3 is 10.2 Å². The normalized spacial score (nSPS) is 24.7. The molecule has 2 unspecified atom stereocenters. The van der Waals surface area contributed by atoms with E-state index in [4.69, 9.17) is 0 Å². The van der Waals surface area contributed by atoms with E-state index in [1.807, 2.05) is 19.1 Å². The molecule has 0 aromatic heterocycles. The number of alkyl halides is 2. The molecule has 0 aliphatic carbocycles. The quantitative estimate of drug-likeness (QED) is 0.895. The van der Waals surface area contributed by atoms with E-state index in [0.29, 0.717) is 0 Å². The maximum absolute atomic E-state index is 13.2. The molecule has 2 aliphatic rings. The zero-order valence-electron chi connectivity index (χ0n) is 13.3. The maximum atomic E-state index is 13.2. The second-order valence-electron chi connectivity index (χ2n) is 6.51. The number of rotatable bonds is 4. The number of hydrogen-bond acceptors (Lipinski definition) is 3. The summed E-state index contributed by atoms with van der Waals surface area (Å²) < 4.78 is 26.4. The summed E-state index contributed by atoms with van der Waals surface area (Å²) in [4.78, 5) is 14.5. The van der Waals surface area contributed by atoms with Crippen molar-refractivity contribution in [3.63, 3.8) is 0 Å². The Morgan fingerprint density at radius 3 is 2.78 bits per heavy atom. The standard InChI is InChI=1S/C17H23F2N3O/c1-12(21-16(23)15-10-17(18,19)11-20-15)13-5-4-6-14(9-13)22-7-2-3-8-22/h4-6,9,12,15,20H,2-3,7-8,10-11H2,1H3,(H,21,23). The van der Waals surface area contributed by atoms with Gasteiger partial charge in [-0.25, -0.2) is 8.78 Å². The molecule has 2 fully saturated rings. The van der Waals surface area contributed by atoms with Gasteiger partial charge in [0, 0.05) is 25.2 Å². The van der Waals surface area contributed by atoms with E-state index >= 15 is 0 Å². The topological polar surface area (TPSA) is 44.4 Å². The Morgan fingerprint density at radius 2 is 2.13 bits per heavy atom. The molecule has 0 saturated carbocycles.